The third kappa shape index (κ3) is 4.99. The molecule has 2 aromatic carbocycles. The van der Waals surface area contributed by atoms with Crippen LogP contribution in [0.25, 0.3) is 0 Å². The second kappa shape index (κ2) is 8.86. The zero-order valence-corrected chi connectivity index (χ0v) is 16.5. The van der Waals surface area contributed by atoms with Gasteiger partial charge in [-0.2, -0.15) is 0 Å². The van der Waals surface area contributed by atoms with Crippen LogP contribution in [0.3, 0.4) is 0 Å². The Morgan fingerprint density at radius 2 is 1.83 bits per heavy atom. The lowest BCUT2D eigenvalue weighted by atomic mass is 10.0. The van der Waals surface area contributed by atoms with Gasteiger partial charge in [0, 0.05) is 30.3 Å². The lowest BCUT2D eigenvalue weighted by Crippen LogP contribution is -2.39. The Morgan fingerprint density at radius 1 is 1.17 bits per heavy atom. The Kier molecular flexibility index (Phi) is 6.26. The average Bonchev–Trinajstić information content (AvgIpc) is 3.57. The molecule has 29 heavy (non-hydrogen) atoms. The van der Waals surface area contributed by atoms with Crippen LogP contribution in [-0.4, -0.2) is 34.3 Å². The van der Waals surface area contributed by atoms with E-state index in [0.29, 0.717) is 12.5 Å². The van der Waals surface area contributed by atoms with Gasteiger partial charge in [0.2, 0.25) is 0 Å². The predicted octanol–water partition coefficient (Wildman–Crippen LogP) is 4.21. The summed E-state index contributed by atoms with van der Waals surface area (Å²) >= 11 is 0. The summed E-state index contributed by atoms with van der Waals surface area (Å²) in [6, 6.07) is 13.3. The van der Waals surface area contributed by atoms with E-state index in [1.165, 1.54) is 12.1 Å². The number of nitro groups is 1. The summed E-state index contributed by atoms with van der Waals surface area (Å²) in [4.78, 5) is 38.0. The molecule has 1 aliphatic carbocycles. The molecular formula is C22H24N2O5. The number of carbonyl (C=O) groups excluding carboxylic acids is 2. The largest absolute Gasteiger partial charge is 0.462 e. The SMILES string of the molecule is CCOC(=O)c1cc(C(=O)N(Cc2ccccc2)C(C)C2CC2)cc([N+](=O)[O-])c1. The van der Waals surface area contributed by atoms with E-state index in [1.54, 1.807) is 11.8 Å². The maximum atomic E-state index is 13.4. The van der Waals surface area contributed by atoms with Crippen molar-refractivity contribution >= 4 is 17.6 Å². The van der Waals surface area contributed by atoms with Crippen LogP contribution in [0, 0.1) is 16.0 Å². The van der Waals surface area contributed by atoms with Gasteiger partial charge in [-0.05, 0) is 44.2 Å². The molecule has 3 rings (SSSR count). The van der Waals surface area contributed by atoms with Gasteiger partial charge in [0.1, 0.15) is 0 Å². The number of esters is 1. The molecule has 0 spiro atoms. The number of hydrogen-bond acceptors (Lipinski definition) is 5. The number of ether oxygens (including phenoxy) is 1. The van der Waals surface area contributed by atoms with Crippen LogP contribution < -0.4 is 0 Å². The molecule has 7 nitrogen and oxygen atoms in total. The minimum Gasteiger partial charge on any atom is -0.462 e. The molecule has 0 radical (unpaired) electrons. The molecule has 0 N–H and O–H groups in total. The number of rotatable bonds is 8. The third-order valence-electron chi connectivity index (χ3n) is 5.14. The van der Waals surface area contributed by atoms with Crippen LogP contribution >= 0.6 is 0 Å². The zero-order chi connectivity index (χ0) is 21.0. The Morgan fingerprint density at radius 3 is 2.41 bits per heavy atom. The Labute approximate surface area is 169 Å². The second-order valence-electron chi connectivity index (χ2n) is 7.24. The van der Waals surface area contributed by atoms with Crippen molar-refractivity contribution in [1.82, 2.24) is 4.90 Å². The van der Waals surface area contributed by atoms with Crippen LogP contribution in [0.2, 0.25) is 0 Å². The minimum absolute atomic E-state index is 0.00290. The molecule has 0 bridgehead atoms. The summed E-state index contributed by atoms with van der Waals surface area (Å²) in [6.45, 7) is 4.20. The molecular weight excluding hydrogens is 372 g/mol. The van der Waals surface area contributed by atoms with E-state index >= 15 is 0 Å². The lowest BCUT2D eigenvalue weighted by molar-refractivity contribution is -0.384. The van der Waals surface area contributed by atoms with E-state index in [1.807, 2.05) is 37.3 Å². The highest BCUT2D eigenvalue weighted by Gasteiger charge is 2.35. The van der Waals surface area contributed by atoms with Crippen LogP contribution in [-0.2, 0) is 11.3 Å². The number of nitrogens with zero attached hydrogens (tertiary/aromatic N) is 2. The third-order valence-corrected chi connectivity index (χ3v) is 5.14. The maximum absolute atomic E-state index is 13.4. The van der Waals surface area contributed by atoms with Crippen molar-refractivity contribution in [2.24, 2.45) is 5.92 Å². The van der Waals surface area contributed by atoms with E-state index in [0.717, 1.165) is 24.5 Å². The van der Waals surface area contributed by atoms with Gasteiger partial charge in [-0.3, -0.25) is 14.9 Å². The molecule has 1 atom stereocenters. The highest BCUT2D eigenvalue weighted by atomic mass is 16.6. The molecule has 1 aliphatic rings. The number of benzene rings is 2. The predicted molar refractivity (Wildman–Crippen MR) is 108 cm³/mol. The highest BCUT2D eigenvalue weighted by molar-refractivity contribution is 5.99. The van der Waals surface area contributed by atoms with Crippen LogP contribution in [0.5, 0.6) is 0 Å². The quantitative estimate of drug-likeness (QED) is 0.379. The number of nitro benzene ring substituents is 1. The summed E-state index contributed by atoms with van der Waals surface area (Å²) in [5.74, 6) is -0.594. The summed E-state index contributed by atoms with van der Waals surface area (Å²) in [7, 11) is 0. The number of carbonyl (C=O) groups is 2. The van der Waals surface area contributed by atoms with Crippen molar-refractivity contribution in [3.05, 3.63) is 75.3 Å². The Balaban J connectivity index is 1.97. The molecule has 1 amide bonds. The van der Waals surface area contributed by atoms with Crippen molar-refractivity contribution in [2.45, 2.75) is 39.3 Å². The van der Waals surface area contributed by atoms with E-state index in [-0.39, 0.29) is 35.4 Å². The van der Waals surface area contributed by atoms with Gasteiger partial charge >= 0.3 is 5.97 Å². The molecule has 7 heteroatoms. The topological polar surface area (TPSA) is 89.8 Å². The van der Waals surface area contributed by atoms with Gasteiger partial charge in [-0.25, -0.2) is 4.79 Å². The molecule has 0 saturated heterocycles. The average molecular weight is 396 g/mol. The normalized spacial score (nSPS) is 14.1. The minimum atomic E-state index is -0.685. The van der Waals surface area contributed by atoms with E-state index in [2.05, 4.69) is 0 Å². The van der Waals surface area contributed by atoms with Crippen molar-refractivity contribution in [1.29, 1.82) is 0 Å². The monoisotopic (exact) mass is 396 g/mol. The first-order valence-corrected chi connectivity index (χ1v) is 9.72. The van der Waals surface area contributed by atoms with Crippen LogP contribution in [0.15, 0.2) is 48.5 Å². The molecule has 1 unspecified atom stereocenters. The summed E-state index contributed by atoms with van der Waals surface area (Å²) in [6.07, 6.45) is 2.12. The van der Waals surface area contributed by atoms with Crippen LogP contribution in [0.4, 0.5) is 5.69 Å². The van der Waals surface area contributed by atoms with Gasteiger partial charge in [-0.15, -0.1) is 0 Å². The number of hydrogen-bond donors (Lipinski definition) is 0. The first-order valence-electron chi connectivity index (χ1n) is 9.72. The fourth-order valence-electron chi connectivity index (χ4n) is 3.35. The van der Waals surface area contributed by atoms with Gasteiger partial charge in [0.15, 0.2) is 0 Å². The smallest absolute Gasteiger partial charge is 0.338 e. The molecule has 0 aliphatic heterocycles. The van der Waals surface area contributed by atoms with E-state index < -0.39 is 10.9 Å². The van der Waals surface area contributed by atoms with Crippen molar-refractivity contribution in [3.63, 3.8) is 0 Å². The zero-order valence-electron chi connectivity index (χ0n) is 16.5. The highest BCUT2D eigenvalue weighted by Crippen LogP contribution is 2.36. The van der Waals surface area contributed by atoms with Gasteiger partial charge in [0.05, 0.1) is 17.1 Å². The maximum Gasteiger partial charge on any atom is 0.338 e. The van der Waals surface area contributed by atoms with Crippen molar-refractivity contribution in [2.75, 3.05) is 6.61 Å². The van der Waals surface area contributed by atoms with E-state index in [4.69, 9.17) is 4.74 Å². The fraction of sp³-hybridized carbons (Fsp3) is 0.364. The van der Waals surface area contributed by atoms with Gasteiger partial charge in [-0.1, -0.05) is 30.3 Å². The molecule has 152 valence electrons. The number of amides is 1. The number of non-ortho nitro benzene ring substituents is 1. The van der Waals surface area contributed by atoms with Gasteiger partial charge in [0.25, 0.3) is 11.6 Å². The van der Waals surface area contributed by atoms with E-state index in [9.17, 15) is 19.7 Å². The second-order valence-corrected chi connectivity index (χ2v) is 7.24. The summed E-state index contributed by atoms with van der Waals surface area (Å²) < 4.78 is 4.96. The first kappa shape index (κ1) is 20.5. The molecule has 2 aromatic rings. The van der Waals surface area contributed by atoms with Crippen LogP contribution in [0.1, 0.15) is 53.0 Å². The Bertz CT molecular complexity index is 909. The van der Waals surface area contributed by atoms with Crippen molar-refractivity contribution in [3.8, 4) is 0 Å². The molecule has 0 heterocycles. The molecule has 1 fully saturated rings. The molecule has 1 saturated carbocycles. The Hall–Kier alpha value is -3.22. The van der Waals surface area contributed by atoms with Gasteiger partial charge < -0.3 is 9.64 Å². The fourth-order valence-corrected chi connectivity index (χ4v) is 3.35. The summed E-state index contributed by atoms with van der Waals surface area (Å²) in [5, 5.41) is 11.3. The van der Waals surface area contributed by atoms with Crippen molar-refractivity contribution < 1.29 is 19.2 Å². The standard InChI is InChI=1S/C22H24N2O5/c1-3-29-22(26)19-11-18(12-20(13-19)24(27)28)21(25)23(15(2)17-9-10-17)14-16-7-5-4-6-8-16/h4-8,11-13,15,17H,3,9-10,14H2,1-2H3. The summed E-state index contributed by atoms with van der Waals surface area (Å²) in [5.41, 5.74) is 0.788. The first-order chi connectivity index (χ1) is 13.9. The molecule has 0 aromatic heterocycles. The lowest BCUT2D eigenvalue weighted by Gasteiger charge is -2.30.